The summed E-state index contributed by atoms with van der Waals surface area (Å²) in [6.07, 6.45) is -4.47. The molecule has 5 rings (SSSR count). The Labute approximate surface area is 202 Å². The number of halogens is 3. The number of benzene rings is 2. The van der Waals surface area contributed by atoms with E-state index in [2.05, 4.69) is 20.1 Å². The van der Waals surface area contributed by atoms with Crippen LogP contribution in [0.4, 0.5) is 13.2 Å². The molecule has 3 heterocycles. The Hall–Kier alpha value is -3.29. The van der Waals surface area contributed by atoms with Crippen molar-refractivity contribution in [3.63, 3.8) is 0 Å². The highest BCUT2D eigenvalue weighted by molar-refractivity contribution is 7.98. The lowest BCUT2D eigenvalue weighted by Gasteiger charge is -2.06. The number of rotatable bonds is 5. The fourth-order valence-electron chi connectivity index (χ4n) is 3.16. The molecular weight excluding hydrogens is 507 g/mol. The molecule has 0 saturated carbocycles. The summed E-state index contributed by atoms with van der Waals surface area (Å²) >= 11 is 7.75. The van der Waals surface area contributed by atoms with Gasteiger partial charge in [-0.3, -0.25) is 9.36 Å². The fourth-order valence-corrected chi connectivity index (χ4v) is 5.13. The normalized spacial score (nSPS) is 11.9. The SMILES string of the molecule is O=c1[nH]c(SCc2nc(-c3cccc(C(F)(F)F)c3)no2)nc2c1sc(=S)n2-c1ccccc1. The van der Waals surface area contributed by atoms with E-state index in [1.54, 1.807) is 4.57 Å². The first-order valence-corrected chi connectivity index (χ1v) is 11.8. The number of alkyl halides is 3. The first kappa shape index (κ1) is 22.5. The number of H-pyrrole nitrogens is 1. The standard InChI is InChI=1S/C21H12F3N5O2S3/c22-21(23,24)12-6-4-5-11(9-12)16-25-14(31-28-16)10-33-19-26-17-15(18(30)27-19)34-20(32)29(17)13-7-2-1-3-8-13/h1-9H,10H2,(H,26,27,30). The van der Waals surface area contributed by atoms with E-state index in [9.17, 15) is 18.0 Å². The number of hydrogen-bond donors (Lipinski definition) is 1. The minimum absolute atomic E-state index is 0.0362. The number of thioether (sulfide) groups is 1. The summed E-state index contributed by atoms with van der Waals surface area (Å²) in [6, 6.07) is 14.0. The van der Waals surface area contributed by atoms with Crippen molar-refractivity contribution in [2.75, 3.05) is 0 Å². The van der Waals surface area contributed by atoms with Crippen molar-refractivity contribution >= 4 is 45.7 Å². The minimum Gasteiger partial charge on any atom is -0.338 e. The molecule has 34 heavy (non-hydrogen) atoms. The van der Waals surface area contributed by atoms with Crippen molar-refractivity contribution in [1.29, 1.82) is 0 Å². The maximum atomic E-state index is 13.0. The molecule has 13 heteroatoms. The Balaban J connectivity index is 1.41. The van der Waals surface area contributed by atoms with E-state index < -0.39 is 11.7 Å². The second-order valence-electron chi connectivity index (χ2n) is 6.94. The topological polar surface area (TPSA) is 89.6 Å². The van der Waals surface area contributed by atoms with Gasteiger partial charge >= 0.3 is 6.18 Å². The highest BCUT2D eigenvalue weighted by Crippen LogP contribution is 2.32. The van der Waals surface area contributed by atoms with Gasteiger partial charge in [-0.1, -0.05) is 58.6 Å². The zero-order valence-corrected chi connectivity index (χ0v) is 19.3. The van der Waals surface area contributed by atoms with Gasteiger partial charge < -0.3 is 9.51 Å². The monoisotopic (exact) mass is 519 g/mol. The van der Waals surface area contributed by atoms with Crippen LogP contribution in [0.25, 0.3) is 27.4 Å². The molecule has 5 aromatic rings. The quantitative estimate of drug-likeness (QED) is 0.177. The number of aromatic nitrogens is 5. The summed E-state index contributed by atoms with van der Waals surface area (Å²) in [5.74, 6) is 0.357. The van der Waals surface area contributed by atoms with Gasteiger partial charge in [0.2, 0.25) is 11.7 Å². The van der Waals surface area contributed by atoms with Crippen LogP contribution in [0.1, 0.15) is 11.5 Å². The third kappa shape index (κ3) is 4.41. The molecule has 7 nitrogen and oxygen atoms in total. The van der Waals surface area contributed by atoms with Crippen LogP contribution in [0, 0.1) is 3.95 Å². The van der Waals surface area contributed by atoms with E-state index in [0.29, 0.717) is 19.5 Å². The average Bonchev–Trinajstić information content (AvgIpc) is 3.42. The Kier molecular flexibility index (Phi) is 5.83. The lowest BCUT2D eigenvalue weighted by atomic mass is 10.1. The fraction of sp³-hybridized carbons (Fsp3) is 0.0952. The van der Waals surface area contributed by atoms with Crippen LogP contribution in [0.15, 0.2) is 69.1 Å². The van der Waals surface area contributed by atoms with Gasteiger partial charge in [0.15, 0.2) is 14.8 Å². The molecular formula is C21H12F3N5O2S3. The first-order valence-electron chi connectivity index (χ1n) is 9.64. The molecule has 2 aromatic carbocycles. The number of nitrogens with one attached hydrogen (secondary N) is 1. The molecule has 0 aliphatic rings. The molecule has 0 radical (unpaired) electrons. The van der Waals surface area contributed by atoms with Gasteiger partial charge in [-0.25, -0.2) is 4.98 Å². The van der Waals surface area contributed by atoms with Crippen molar-refractivity contribution in [1.82, 2.24) is 24.7 Å². The third-order valence-corrected chi connectivity index (χ3v) is 6.90. The summed E-state index contributed by atoms with van der Waals surface area (Å²) in [5.41, 5.74) is 0.277. The minimum atomic E-state index is -4.47. The molecule has 0 fully saturated rings. The van der Waals surface area contributed by atoms with Crippen LogP contribution in [0.5, 0.6) is 0 Å². The van der Waals surface area contributed by atoms with E-state index in [-0.39, 0.29) is 28.6 Å². The van der Waals surface area contributed by atoms with Crippen LogP contribution in [-0.2, 0) is 11.9 Å². The predicted octanol–water partition coefficient (Wildman–Crippen LogP) is 5.87. The Bertz CT molecular complexity index is 1610. The number of nitrogens with zero attached hydrogens (tertiary/aromatic N) is 4. The zero-order valence-electron chi connectivity index (χ0n) is 16.9. The van der Waals surface area contributed by atoms with Gasteiger partial charge in [0, 0.05) is 11.3 Å². The predicted molar refractivity (Wildman–Crippen MR) is 125 cm³/mol. The molecule has 0 amide bonds. The van der Waals surface area contributed by atoms with E-state index in [1.165, 1.54) is 23.5 Å². The molecule has 172 valence electrons. The van der Waals surface area contributed by atoms with Gasteiger partial charge in [0.25, 0.3) is 5.56 Å². The van der Waals surface area contributed by atoms with Crippen LogP contribution in [0.3, 0.4) is 0 Å². The van der Waals surface area contributed by atoms with Gasteiger partial charge in [-0.2, -0.15) is 18.2 Å². The molecule has 0 bridgehead atoms. The summed E-state index contributed by atoms with van der Waals surface area (Å²) in [4.78, 5) is 24.0. The molecule has 0 saturated heterocycles. The van der Waals surface area contributed by atoms with Crippen LogP contribution < -0.4 is 5.56 Å². The van der Waals surface area contributed by atoms with E-state index in [4.69, 9.17) is 16.7 Å². The van der Waals surface area contributed by atoms with Crippen molar-refractivity contribution in [2.24, 2.45) is 0 Å². The lowest BCUT2D eigenvalue weighted by Crippen LogP contribution is -2.09. The van der Waals surface area contributed by atoms with Gasteiger partial charge in [0.1, 0.15) is 4.70 Å². The van der Waals surface area contributed by atoms with Crippen molar-refractivity contribution in [2.45, 2.75) is 17.1 Å². The zero-order chi connectivity index (χ0) is 23.9. The van der Waals surface area contributed by atoms with Crippen LogP contribution in [-0.4, -0.2) is 24.7 Å². The third-order valence-electron chi connectivity index (χ3n) is 4.68. The summed E-state index contributed by atoms with van der Waals surface area (Å²) in [7, 11) is 0. The van der Waals surface area contributed by atoms with Crippen molar-refractivity contribution < 1.29 is 17.7 Å². The Morgan fingerprint density at radius 1 is 1.12 bits per heavy atom. The number of fused-ring (bicyclic) bond motifs is 1. The number of aromatic amines is 1. The first-order chi connectivity index (χ1) is 16.3. The Morgan fingerprint density at radius 2 is 1.91 bits per heavy atom. The summed E-state index contributed by atoms with van der Waals surface area (Å²) < 4.78 is 46.7. The molecule has 0 aliphatic heterocycles. The van der Waals surface area contributed by atoms with E-state index >= 15 is 0 Å². The summed E-state index contributed by atoms with van der Waals surface area (Å²) in [5, 5.41) is 4.08. The van der Waals surface area contributed by atoms with Crippen LogP contribution >= 0.6 is 35.3 Å². The number of thiazole rings is 1. The van der Waals surface area contributed by atoms with Crippen molar-refractivity contribution in [3.05, 3.63) is 80.4 Å². The molecule has 0 aliphatic carbocycles. The van der Waals surface area contributed by atoms with Gasteiger partial charge in [0.05, 0.1) is 11.3 Å². The molecule has 0 atom stereocenters. The van der Waals surface area contributed by atoms with Crippen LogP contribution in [0.2, 0.25) is 0 Å². The smallest absolute Gasteiger partial charge is 0.338 e. The second kappa shape index (κ2) is 8.81. The molecule has 0 unspecified atom stereocenters. The highest BCUT2D eigenvalue weighted by atomic mass is 32.2. The summed E-state index contributed by atoms with van der Waals surface area (Å²) in [6.45, 7) is 0. The molecule has 3 aromatic heterocycles. The number of hydrogen-bond acceptors (Lipinski definition) is 8. The van der Waals surface area contributed by atoms with Gasteiger partial charge in [-0.05, 0) is 36.5 Å². The van der Waals surface area contributed by atoms with Crippen molar-refractivity contribution in [3.8, 4) is 17.1 Å². The Morgan fingerprint density at radius 3 is 2.68 bits per heavy atom. The maximum Gasteiger partial charge on any atom is 0.416 e. The lowest BCUT2D eigenvalue weighted by molar-refractivity contribution is -0.137. The number of para-hydroxylation sites is 1. The maximum absolute atomic E-state index is 13.0. The molecule has 1 N–H and O–H groups in total. The van der Waals surface area contributed by atoms with E-state index in [0.717, 1.165) is 29.6 Å². The average molecular weight is 520 g/mol. The highest BCUT2D eigenvalue weighted by Gasteiger charge is 2.30. The largest absolute Gasteiger partial charge is 0.416 e. The van der Waals surface area contributed by atoms with Gasteiger partial charge in [-0.15, -0.1) is 0 Å². The molecule has 0 spiro atoms. The van der Waals surface area contributed by atoms with E-state index in [1.807, 2.05) is 30.3 Å². The second-order valence-corrected chi connectivity index (χ2v) is 9.55.